The fourth-order valence-electron chi connectivity index (χ4n) is 4.44. The Morgan fingerprint density at radius 1 is 0.875 bits per heavy atom. The standard InChI is InChI=1S/C24H18Cl2N2O4/c1-31-19-11-10-14-20(21(19)32-2)24(30)28-18-9-4-3-6-13(18)23(29)27(22(14)28)12-15-16(25)7-5-8-17(15)26/h3-11,22H,12H2,1-2H3. The van der Waals surface area contributed by atoms with Gasteiger partial charge in [-0.2, -0.15) is 0 Å². The maximum Gasteiger partial charge on any atom is 0.264 e. The molecule has 2 aliphatic rings. The largest absolute Gasteiger partial charge is 0.493 e. The van der Waals surface area contributed by atoms with Gasteiger partial charge in [-0.15, -0.1) is 0 Å². The fourth-order valence-corrected chi connectivity index (χ4v) is 4.96. The van der Waals surface area contributed by atoms with Crippen LogP contribution in [0.3, 0.4) is 0 Å². The van der Waals surface area contributed by atoms with Crippen LogP contribution in [-0.2, 0) is 6.54 Å². The lowest BCUT2D eigenvalue weighted by Gasteiger charge is -2.41. The van der Waals surface area contributed by atoms with Crippen molar-refractivity contribution in [3.05, 3.63) is 86.9 Å². The molecule has 0 saturated carbocycles. The summed E-state index contributed by atoms with van der Waals surface area (Å²) >= 11 is 12.8. The zero-order valence-corrected chi connectivity index (χ0v) is 18.8. The van der Waals surface area contributed by atoms with Gasteiger partial charge in [-0.25, -0.2) is 0 Å². The SMILES string of the molecule is COc1ccc2c(c1OC)C(=O)N1c3ccccc3C(=O)N(Cc3c(Cl)cccc3Cl)C21. The van der Waals surface area contributed by atoms with E-state index in [1.165, 1.54) is 14.2 Å². The number of hydrogen-bond acceptors (Lipinski definition) is 4. The van der Waals surface area contributed by atoms with E-state index in [1.54, 1.807) is 64.4 Å². The Morgan fingerprint density at radius 3 is 2.28 bits per heavy atom. The minimum absolute atomic E-state index is 0.133. The molecule has 0 spiro atoms. The summed E-state index contributed by atoms with van der Waals surface area (Å²) in [7, 11) is 3.00. The van der Waals surface area contributed by atoms with Crippen molar-refractivity contribution in [1.29, 1.82) is 0 Å². The normalized spacial score (nSPS) is 16.6. The third kappa shape index (κ3) is 2.87. The molecule has 32 heavy (non-hydrogen) atoms. The van der Waals surface area contributed by atoms with Gasteiger partial charge in [0.25, 0.3) is 11.8 Å². The minimum Gasteiger partial charge on any atom is -0.493 e. The van der Waals surface area contributed by atoms with Crippen molar-refractivity contribution in [2.24, 2.45) is 0 Å². The molecule has 0 N–H and O–H groups in total. The number of carbonyl (C=O) groups excluding carboxylic acids is 2. The summed E-state index contributed by atoms with van der Waals surface area (Å²) in [5.41, 5.74) is 2.62. The summed E-state index contributed by atoms with van der Waals surface area (Å²) < 4.78 is 10.9. The second kappa shape index (κ2) is 7.73. The molecule has 0 bridgehead atoms. The van der Waals surface area contributed by atoms with Crippen LogP contribution in [0.2, 0.25) is 10.0 Å². The second-order valence-electron chi connectivity index (χ2n) is 7.46. The third-order valence-corrected chi connectivity index (χ3v) is 6.58. The average molecular weight is 469 g/mol. The van der Waals surface area contributed by atoms with Crippen LogP contribution in [0, 0.1) is 0 Å². The van der Waals surface area contributed by atoms with E-state index in [0.29, 0.717) is 49.5 Å². The molecule has 0 radical (unpaired) electrons. The molecular formula is C24H18Cl2N2O4. The zero-order valence-electron chi connectivity index (χ0n) is 17.3. The Morgan fingerprint density at radius 2 is 1.59 bits per heavy atom. The maximum atomic E-state index is 13.7. The van der Waals surface area contributed by atoms with Gasteiger partial charge in [0.1, 0.15) is 6.17 Å². The highest BCUT2D eigenvalue weighted by Crippen LogP contribution is 2.50. The summed E-state index contributed by atoms with van der Waals surface area (Å²) in [4.78, 5) is 30.5. The van der Waals surface area contributed by atoms with E-state index in [9.17, 15) is 9.59 Å². The number of halogens is 2. The third-order valence-electron chi connectivity index (χ3n) is 5.87. The van der Waals surface area contributed by atoms with Crippen LogP contribution in [0.15, 0.2) is 54.6 Å². The molecular weight excluding hydrogens is 451 g/mol. The van der Waals surface area contributed by atoms with E-state index < -0.39 is 6.17 Å². The number of carbonyl (C=O) groups is 2. The second-order valence-corrected chi connectivity index (χ2v) is 8.28. The monoisotopic (exact) mass is 468 g/mol. The van der Waals surface area contributed by atoms with Crippen LogP contribution in [0.25, 0.3) is 0 Å². The summed E-state index contributed by atoms with van der Waals surface area (Å²) in [5.74, 6) is 0.300. The number of hydrogen-bond donors (Lipinski definition) is 0. The first-order valence-corrected chi connectivity index (χ1v) is 10.6. The average Bonchev–Trinajstić information content (AvgIpc) is 3.10. The highest BCUT2D eigenvalue weighted by molar-refractivity contribution is 6.36. The van der Waals surface area contributed by atoms with Crippen LogP contribution in [-0.4, -0.2) is 30.9 Å². The van der Waals surface area contributed by atoms with Gasteiger partial charge in [0.05, 0.1) is 37.6 Å². The molecule has 3 aromatic carbocycles. The molecule has 6 nitrogen and oxygen atoms in total. The first kappa shape index (κ1) is 20.7. The first-order chi connectivity index (χ1) is 15.5. The number of fused-ring (bicyclic) bond motifs is 5. The molecule has 0 aromatic heterocycles. The van der Waals surface area contributed by atoms with Crippen LogP contribution in [0.5, 0.6) is 11.5 Å². The molecule has 0 saturated heterocycles. The molecule has 1 unspecified atom stereocenters. The van der Waals surface area contributed by atoms with Gasteiger partial charge in [0, 0.05) is 21.2 Å². The van der Waals surface area contributed by atoms with Gasteiger partial charge in [-0.1, -0.05) is 47.5 Å². The summed E-state index contributed by atoms with van der Waals surface area (Å²) in [6, 6.07) is 15.8. The van der Waals surface area contributed by atoms with E-state index in [2.05, 4.69) is 0 Å². The lowest BCUT2D eigenvalue weighted by Crippen LogP contribution is -2.47. The highest BCUT2D eigenvalue weighted by Gasteiger charge is 2.49. The van der Waals surface area contributed by atoms with Crippen molar-refractivity contribution in [2.75, 3.05) is 19.1 Å². The summed E-state index contributed by atoms with van der Waals surface area (Å²) in [6.07, 6.45) is -0.674. The Hall–Kier alpha value is -3.22. The number of ether oxygens (including phenoxy) is 2. The predicted octanol–water partition coefficient (Wildman–Crippen LogP) is 5.33. The van der Waals surface area contributed by atoms with Crippen molar-refractivity contribution in [2.45, 2.75) is 12.7 Å². The number of methoxy groups -OCH3 is 2. The van der Waals surface area contributed by atoms with Crippen LogP contribution >= 0.6 is 23.2 Å². The quantitative estimate of drug-likeness (QED) is 0.519. The summed E-state index contributed by atoms with van der Waals surface area (Å²) in [5, 5.41) is 0.903. The molecule has 5 rings (SSSR count). The number of para-hydroxylation sites is 1. The number of rotatable bonds is 4. The van der Waals surface area contributed by atoms with E-state index in [0.717, 1.165) is 0 Å². The summed E-state index contributed by atoms with van der Waals surface area (Å²) in [6.45, 7) is 0.133. The van der Waals surface area contributed by atoms with E-state index >= 15 is 0 Å². The molecule has 162 valence electrons. The van der Waals surface area contributed by atoms with Gasteiger partial charge in [0.2, 0.25) is 0 Å². The highest BCUT2D eigenvalue weighted by atomic mass is 35.5. The molecule has 8 heteroatoms. The molecule has 3 aromatic rings. The van der Waals surface area contributed by atoms with Crippen LogP contribution in [0.1, 0.15) is 38.0 Å². The number of anilines is 1. The van der Waals surface area contributed by atoms with Gasteiger partial charge < -0.3 is 14.4 Å². The van der Waals surface area contributed by atoms with E-state index in [1.807, 2.05) is 0 Å². The van der Waals surface area contributed by atoms with Crippen molar-refractivity contribution in [3.8, 4) is 11.5 Å². The Balaban J connectivity index is 1.74. The number of amides is 2. The molecule has 0 fully saturated rings. The van der Waals surface area contributed by atoms with Crippen molar-refractivity contribution in [1.82, 2.24) is 4.90 Å². The van der Waals surface area contributed by atoms with Gasteiger partial charge >= 0.3 is 0 Å². The smallest absolute Gasteiger partial charge is 0.264 e. The van der Waals surface area contributed by atoms with Crippen molar-refractivity contribution in [3.63, 3.8) is 0 Å². The van der Waals surface area contributed by atoms with E-state index in [4.69, 9.17) is 32.7 Å². The zero-order chi connectivity index (χ0) is 22.6. The van der Waals surface area contributed by atoms with Crippen molar-refractivity contribution < 1.29 is 19.1 Å². The van der Waals surface area contributed by atoms with Gasteiger partial charge in [-0.05, 0) is 30.3 Å². The van der Waals surface area contributed by atoms with Gasteiger partial charge in [-0.3, -0.25) is 14.5 Å². The fraction of sp³-hybridized carbons (Fsp3) is 0.167. The Bertz CT molecular complexity index is 1260. The van der Waals surface area contributed by atoms with Crippen molar-refractivity contribution >= 4 is 40.7 Å². The number of nitrogens with zero attached hydrogens (tertiary/aromatic N) is 2. The van der Waals surface area contributed by atoms with Crippen LogP contribution in [0.4, 0.5) is 5.69 Å². The van der Waals surface area contributed by atoms with Gasteiger partial charge in [0.15, 0.2) is 11.5 Å². The van der Waals surface area contributed by atoms with Crippen LogP contribution < -0.4 is 14.4 Å². The number of benzene rings is 3. The Labute approximate surface area is 194 Å². The first-order valence-electron chi connectivity index (χ1n) is 9.89. The molecule has 0 aliphatic carbocycles. The topological polar surface area (TPSA) is 59.1 Å². The van der Waals surface area contributed by atoms with E-state index in [-0.39, 0.29) is 18.4 Å². The Kier molecular flexibility index (Phi) is 4.99. The molecule has 1 atom stereocenters. The molecule has 2 heterocycles. The predicted molar refractivity (Wildman–Crippen MR) is 122 cm³/mol. The molecule has 2 aliphatic heterocycles. The molecule has 2 amide bonds. The minimum atomic E-state index is -0.674. The lowest BCUT2D eigenvalue weighted by atomic mass is 10.0. The maximum absolute atomic E-state index is 13.7. The lowest BCUT2D eigenvalue weighted by molar-refractivity contribution is 0.0630.